The molecule has 8 heteroatoms. The molecule has 0 bridgehead atoms. The topological polar surface area (TPSA) is 118 Å². The molecular formula is C23H23N3O5. The summed E-state index contributed by atoms with van der Waals surface area (Å²) in [5, 5.41) is 14.5. The third kappa shape index (κ3) is 7.33. The Hall–Kier alpha value is -4.12. The van der Waals surface area contributed by atoms with E-state index in [0.717, 1.165) is 0 Å². The average molecular weight is 421 g/mol. The first-order valence-corrected chi connectivity index (χ1v) is 9.56. The molecule has 8 nitrogen and oxygen atoms in total. The van der Waals surface area contributed by atoms with Gasteiger partial charge < -0.3 is 20.1 Å². The van der Waals surface area contributed by atoms with Crippen LogP contribution in [0.2, 0.25) is 0 Å². The largest absolute Gasteiger partial charge is 0.494 e. The van der Waals surface area contributed by atoms with Crippen LogP contribution in [0.15, 0.2) is 54.1 Å². The van der Waals surface area contributed by atoms with Gasteiger partial charge in [-0.25, -0.2) is 4.79 Å². The van der Waals surface area contributed by atoms with Gasteiger partial charge in [0.15, 0.2) is 6.10 Å². The van der Waals surface area contributed by atoms with Gasteiger partial charge in [-0.2, -0.15) is 5.26 Å². The summed E-state index contributed by atoms with van der Waals surface area (Å²) in [6, 6.07) is 15.1. The lowest BCUT2D eigenvalue weighted by molar-refractivity contribution is -0.148. The maximum Gasteiger partial charge on any atom is 0.349 e. The summed E-state index contributed by atoms with van der Waals surface area (Å²) in [6.45, 7) is 5.20. The van der Waals surface area contributed by atoms with Gasteiger partial charge in [-0.05, 0) is 61.9 Å². The summed E-state index contributed by atoms with van der Waals surface area (Å²) in [5.41, 5.74) is 1.44. The van der Waals surface area contributed by atoms with E-state index >= 15 is 0 Å². The minimum atomic E-state index is -1.13. The molecule has 0 aliphatic carbocycles. The molecule has 0 aromatic heterocycles. The van der Waals surface area contributed by atoms with Gasteiger partial charge in [0, 0.05) is 18.3 Å². The molecule has 0 fully saturated rings. The van der Waals surface area contributed by atoms with Crippen LogP contribution >= 0.6 is 0 Å². The number of carbonyl (C=O) groups excluding carboxylic acids is 3. The Balaban J connectivity index is 1.98. The molecule has 2 amide bonds. The van der Waals surface area contributed by atoms with Crippen molar-refractivity contribution in [2.24, 2.45) is 0 Å². The van der Waals surface area contributed by atoms with Crippen molar-refractivity contribution in [2.75, 3.05) is 17.2 Å². The first kappa shape index (κ1) is 23.2. The van der Waals surface area contributed by atoms with Gasteiger partial charge in [0.05, 0.1) is 6.61 Å². The molecule has 0 saturated carbocycles. The molecule has 2 aromatic rings. The molecule has 1 atom stereocenters. The van der Waals surface area contributed by atoms with Crippen LogP contribution in [0.1, 0.15) is 26.3 Å². The van der Waals surface area contributed by atoms with Gasteiger partial charge in [-0.15, -0.1) is 0 Å². The highest BCUT2D eigenvalue weighted by Gasteiger charge is 2.20. The van der Waals surface area contributed by atoms with E-state index < -0.39 is 18.0 Å². The fourth-order valence-electron chi connectivity index (χ4n) is 2.49. The highest BCUT2D eigenvalue weighted by Crippen LogP contribution is 2.16. The van der Waals surface area contributed by atoms with Crippen LogP contribution in [0.4, 0.5) is 11.4 Å². The Bertz CT molecular complexity index is 1010. The number of hydrogen-bond donors (Lipinski definition) is 2. The molecule has 0 heterocycles. The summed E-state index contributed by atoms with van der Waals surface area (Å²) >= 11 is 0. The second-order valence-corrected chi connectivity index (χ2v) is 6.47. The van der Waals surface area contributed by atoms with Gasteiger partial charge in [-0.3, -0.25) is 9.59 Å². The lowest BCUT2D eigenvalue weighted by Gasteiger charge is -2.13. The summed E-state index contributed by atoms with van der Waals surface area (Å²) in [5.74, 6) is -0.987. The standard InChI is InChI=1S/C23H23N3O5/c1-4-30-21-11-5-17(6-12-21)13-18(14-24)23(29)31-15(2)22(28)26-20-9-7-19(8-10-20)25-16(3)27/h5-13,15H,4H2,1-3H3,(H,25,27)(H,26,28)/b18-13+/t15-/m1/s1. The van der Waals surface area contributed by atoms with Crippen LogP contribution in [-0.2, 0) is 19.1 Å². The van der Waals surface area contributed by atoms with Gasteiger partial charge >= 0.3 is 5.97 Å². The quantitative estimate of drug-likeness (QED) is 0.383. The number of anilines is 2. The zero-order valence-electron chi connectivity index (χ0n) is 17.5. The number of nitriles is 1. The summed E-state index contributed by atoms with van der Waals surface area (Å²) in [4.78, 5) is 35.7. The predicted molar refractivity (Wildman–Crippen MR) is 116 cm³/mol. The lowest BCUT2D eigenvalue weighted by atomic mass is 10.1. The molecular weight excluding hydrogens is 398 g/mol. The molecule has 0 spiro atoms. The fraction of sp³-hybridized carbons (Fsp3) is 0.217. The molecule has 2 N–H and O–H groups in total. The van der Waals surface area contributed by atoms with Crippen molar-refractivity contribution in [3.8, 4) is 11.8 Å². The number of amides is 2. The summed E-state index contributed by atoms with van der Waals surface area (Å²) < 4.78 is 10.5. The second kappa shape index (κ2) is 11.2. The van der Waals surface area contributed by atoms with E-state index in [1.807, 2.05) is 6.92 Å². The Morgan fingerprint density at radius 1 is 1.03 bits per heavy atom. The minimum absolute atomic E-state index is 0.205. The maximum atomic E-state index is 12.3. The predicted octanol–water partition coefficient (Wildman–Crippen LogP) is 3.52. The number of nitrogens with one attached hydrogen (secondary N) is 2. The van der Waals surface area contributed by atoms with E-state index in [9.17, 15) is 19.6 Å². The monoisotopic (exact) mass is 421 g/mol. The van der Waals surface area contributed by atoms with Crippen molar-refractivity contribution < 1.29 is 23.9 Å². The average Bonchev–Trinajstić information content (AvgIpc) is 2.74. The normalized spacial score (nSPS) is 11.6. The number of carbonyl (C=O) groups is 3. The number of rotatable bonds is 8. The molecule has 0 saturated heterocycles. The third-order valence-electron chi connectivity index (χ3n) is 3.97. The molecule has 0 aliphatic rings. The van der Waals surface area contributed by atoms with E-state index in [2.05, 4.69) is 10.6 Å². The van der Waals surface area contributed by atoms with Crippen molar-refractivity contribution in [3.63, 3.8) is 0 Å². The van der Waals surface area contributed by atoms with Gasteiger partial charge in [-0.1, -0.05) is 12.1 Å². The second-order valence-electron chi connectivity index (χ2n) is 6.47. The van der Waals surface area contributed by atoms with E-state index in [-0.39, 0.29) is 11.5 Å². The summed E-state index contributed by atoms with van der Waals surface area (Å²) in [6.07, 6.45) is 0.253. The number of ether oxygens (including phenoxy) is 2. The Labute approximate surface area is 180 Å². The van der Waals surface area contributed by atoms with Crippen molar-refractivity contribution in [3.05, 3.63) is 59.7 Å². The molecule has 0 radical (unpaired) electrons. The summed E-state index contributed by atoms with van der Waals surface area (Å²) in [7, 11) is 0. The van der Waals surface area contributed by atoms with E-state index in [1.54, 1.807) is 54.6 Å². The molecule has 2 aromatic carbocycles. The van der Waals surface area contributed by atoms with E-state index in [1.165, 1.54) is 19.9 Å². The molecule has 31 heavy (non-hydrogen) atoms. The molecule has 160 valence electrons. The van der Waals surface area contributed by atoms with Crippen molar-refractivity contribution in [1.82, 2.24) is 0 Å². The van der Waals surface area contributed by atoms with Crippen LogP contribution in [0, 0.1) is 11.3 Å². The Kier molecular flexibility index (Phi) is 8.34. The van der Waals surface area contributed by atoms with E-state index in [0.29, 0.717) is 29.3 Å². The lowest BCUT2D eigenvalue weighted by Crippen LogP contribution is -2.30. The Morgan fingerprint density at radius 3 is 2.13 bits per heavy atom. The van der Waals surface area contributed by atoms with Crippen LogP contribution in [-0.4, -0.2) is 30.5 Å². The van der Waals surface area contributed by atoms with Crippen molar-refractivity contribution >= 4 is 35.2 Å². The van der Waals surface area contributed by atoms with Crippen molar-refractivity contribution in [2.45, 2.75) is 26.9 Å². The fourth-order valence-corrected chi connectivity index (χ4v) is 2.49. The van der Waals surface area contributed by atoms with Crippen LogP contribution in [0.3, 0.4) is 0 Å². The smallest absolute Gasteiger partial charge is 0.349 e. The number of benzene rings is 2. The molecule has 0 aliphatic heterocycles. The van der Waals surface area contributed by atoms with Gasteiger partial charge in [0.25, 0.3) is 5.91 Å². The highest BCUT2D eigenvalue weighted by molar-refractivity contribution is 6.01. The SMILES string of the molecule is CCOc1ccc(/C=C(\C#N)C(=O)O[C@H](C)C(=O)Nc2ccc(NC(C)=O)cc2)cc1. The highest BCUT2D eigenvalue weighted by atomic mass is 16.5. The van der Waals surface area contributed by atoms with E-state index in [4.69, 9.17) is 9.47 Å². The number of nitrogens with zero attached hydrogens (tertiary/aromatic N) is 1. The van der Waals surface area contributed by atoms with Gasteiger partial charge in [0.1, 0.15) is 17.4 Å². The first-order chi connectivity index (χ1) is 14.8. The Morgan fingerprint density at radius 2 is 1.61 bits per heavy atom. The van der Waals surface area contributed by atoms with Crippen LogP contribution < -0.4 is 15.4 Å². The van der Waals surface area contributed by atoms with Crippen LogP contribution in [0.25, 0.3) is 6.08 Å². The third-order valence-corrected chi connectivity index (χ3v) is 3.97. The molecule has 2 rings (SSSR count). The van der Waals surface area contributed by atoms with Gasteiger partial charge in [0.2, 0.25) is 5.91 Å². The van der Waals surface area contributed by atoms with Crippen molar-refractivity contribution in [1.29, 1.82) is 5.26 Å². The molecule has 0 unspecified atom stereocenters. The maximum absolute atomic E-state index is 12.3. The zero-order chi connectivity index (χ0) is 22.8. The number of hydrogen-bond acceptors (Lipinski definition) is 6. The minimum Gasteiger partial charge on any atom is -0.494 e. The first-order valence-electron chi connectivity index (χ1n) is 9.56. The van der Waals surface area contributed by atoms with Crippen LogP contribution in [0.5, 0.6) is 5.75 Å². The number of esters is 1. The zero-order valence-corrected chi connectivity index (χ0v) is 17.5.